The van der Waals surface area contributed by atoms with Gasteiger partial charge in [0.2, 0.25) is 0 Å². The average molecular weight is 288 g/mol. The Bertz CT molecular complexity index is 333. The Balaban J connectivity index is 2.51. The number of ether oxygens (including phenoxy) is 2. The molecule has 1 saturated carbocycles. The quantitative estimate of drug-likeness (QED) is 0.646. The fourth-order valence-corrected chi connectivity index (χ4v) is 2.07. The van der Waals surface area contributed by atoms with Crippen LogP contribution in [0.2, 0.25) is 0 Å². The van der Waals surface area contributed by atoms with Gasteiger partial charge in [-0.15, -0.1) is 0 Å². The summed E-state index contributed by atoms with van der Waals surface area (Å²) >= 11 is 0. The third kappa shape index (κ3) is 4.97. The van der Waals surface area contributed by atoms with E-state index in [0.717, 1.165) is 12.8 Å². The van der Waals surface area contributed by atoms with Crippen molar-refractivity contribution in [2.45, 2.75) is 31.9 Å². The second kappa shape index (κ2) is 8.06. The number of nitrogens with one attached hydrogen (secondary N) is 1. The Morgan fingerprint density at radius 2 is 2.05 bits per heavy atom. The van der Waals surface area contributed by atoms with E-state index in [-0.39, 0.29) is 18.6 Å². The van der Waals surface area contributed by atoms with Crippen molar-refractivity contribution in [1.29, 1.82) is 0 Å². The predicted molar refractivity (Wildman–Crippen MR) is 72.6 cm³/mol. The van der Waals surface area contributed by atoms with Gasteiger partial charge in [-0.3, -0.25) is 0 Å². The maximum absolute atomic E-state index is 12.2. The van der Waals surface area contributed by atoms with E-state index < -0.39 is 12.1 Å². The van der Waals surface area contributed by atoms with Crippen LogP contribution in [0.3, 0.4) is 0 Å². The van der Waals surface area contributed by atoms with E-state index in [1.165, 1.54) is 7.11 Å². The summed E-state index contributed by atoms with van der Waals surface area (Å²) < 4.78 is 9.80. The van der Waals surface area contributed by atoms with Crippen LogP contribution in [0.5, 0.6) is 0 Å². The molecule has 7 nitrogen and oxygen atoms in total. The van der Waals surface area contributed by atoms with Gasteiger partial charge in [-0.2, -0.15) is 0 Å². The fraction of sp³-hybridized carbons (Fsp3) is 0.846. The number of urea groups is 1. The molecule has 2 atom stereocenters. The summed E-state index contributed by atoms with van der Waals surface area (Å²) in [6, 6.07) is -0.138. The highest BCUT2D eigenvalue weighted by atomic mass is 16.5. The van der Waals surface area contributed by atoms with Crippen molar-refractivity contribution in [3.63, 3.8) is 0 Å². The number of methoxy groups -OCH3 is 2. The molecule has 2 amide bonds. The summed E-state index contributed by atoms with van der Waals surface area (Å²) in [5, 5.41) is 11.5. The molecule has 1 fully saturated rings. The largest absolute Gasteiger partial charge is 0.479 e. The maximum atomic E-state index is 12.2. The highest BCUT2D eigenvalue weighted by Gasteiger charge is 2.34. The van der Waals surface area contributed by atoms with Crippen LogP contribution in [0.25, 0.3) is 0 Å². The van der Waals surface area contributed by atoms with Crippen molar-refractivity contribution in [2.75, 3.05) is 33.9 Å². The molecule has 1 aliphatic carbocycles. The minimum absolute atomic E-state index is 0.0501. The van der Waals surface area contributed by atoms with E-state index in [9.17, 15) is 9.59 Å². The zero-order valence-electron chi connectivity index (χ0n) is 12.3. The van der Waals surface area contributed by atoms with Crippen molar-refractivity contribution in [3.8, 4) is 0 Å². The van der Waals surface area contributed by atoms with Crippen LogP contribution in [0.15, 0.2) is 0 Å². The first-order valence-corrected chi connectivity index (χ1v) is 6.80. The highest BCUT2D eigenvalue weighted by molar-refractivity contribution is 5.77. The van der Waals surface area contributed by atoms with Crippen LogP contribution >= 0.6 is 0 Å². The van der Waals surface area contributed by atoms with E-state index in [4.69, 9.17) is 14.6 Å². The standard InChI is InChI=1S/C13H24N2O5/c1-9(10-4-5-10)15(6-7-19-2)13(18)14-8-11(20-3)12(16)17/h9-11H,4-8H2,1-3H3,(H,14,18)(H,16,17). The smallest absolute Gasteiger partial charge is 0.334 e. The molecule has 0 heterocycles. The zero-order valence-corrected chi connectivity index (χ0v) is 12.3. The fourth-order valence-electron chi connectivity index (χ4n) is 2.07. The minimum atomic E-state index is -1.09. The molecule has 1 rings (SSSR count). The lowest BCUT2D eigenvalue weighted by Gasteiger charge is -2.29. The number of carbonyl (C=O) groups excluding carboxylic acids is 1. The van der Waals surface area contributed by atoms with Crippen LogP contribution in [-0.4, -0.2) is 68.1 Å². The summed E-state index contributed by atoms with van der Waals surface area (Å²) in [7, 11) is 2.89. The second-order valence-electron chi connectivity index (χ2n) is 5.01. The number of rotatable bonds is 9. The number of hydrogen-bond acceptors (Lipinski definition) is 4. The summed E-state index contributed by atoms with van der Waals surface area (Å²) in [4.78, 5) is 24.7. The third-order valence-corrected chi connectivity index (χ3v) is 3.59. The number of carboxylic acid groups (broad SMARTS) is 1. The van der Waals surface area contributed by atoms with Crippen molar-refractivity contribution in [3.05, 3.63) is 0 Å². The molecule has 0 aromatic rings. The molecule has 0 spiro atoms. The van der Waals surface area contributed by atoms with E-state index in [1.54, 1.807) is 12.0 Å². The monoisotopic (exact) mass is 288 g/mol. The number of carboxylic acids is 1. The number of carbonyl (C=O) groups is 2. The predicted octanol–water partition coefficient (Wildman–Crippen LogP) is 0.543. The van der Waals surface area contributed by atoms with Gasteiger partial charge in [0.25, 0.3) is 0 Å². The number of nitrogens with zero attached hydrogens (tertiary/aromatic N) is 1. The van der Waals surface area contributed by atoms with Crippen LogP contribution in [0.1, 0.15) is 19.8 Å². The van der Waals surface area contributed by atoms with E-state index in [0.29, 0.717) is 19.1 Å². The minimum Gasteiger partial charge on any atom is -0.479 e. The van der Waals surface area contributed by atoms with Gasteiger partial charge < -0.3 is 24.8 Å². The van der Waals surface area contributed by atoms with Gasteiger partial charge in [0.1, 0.15) is 0 Å². The maximum Gasteiger partial charge on any atom is 0.334 e. The Kier molecular flexibility index (Phi) is 6.74. The first kappa shape index (κ1) is 16.7. The summed E-state index contributed by atoms with van der Waals surface area (Å²) in [5.74, 6) is -0.554. The lowest BCUT2D eigenvalue weighted by atomic mass is 10.2. The molecule has 7 heteroatoms. The van der Waals surface area contributed by atoms with Crippen molar-refractivity contribution >= 4 is 12.0 Å². The topological polar surface area (TPSA) is 88.1 Å². The Labute approximate surface area is 119 Å². The first-order chi connectivity index (χ1) is 9.51. The van der Waals surface area contributed by atoms with E-state index in [2.05, 4.69) is 5.32 Å². The normalized spacial score (nSPS) is 17.4. The molecule has 2 unspecified atom stereocenters. The van der Waals surface area contributed by atoms with Crippen LogP contribution in [0.4, 0.5) is 4.79 Å². The number of amides is 2. The summed E-state index contributed by atoms with van der Waals surface area (Å²) in [6.45, 7) is 2.91. The molecule has 0 aromatic heterocycles. The first-order valence-electron chi connectivity index (χ1n) is 6.80. The number of hydrogen-bond donors (Lipinski definition) is 2. The number of aliphatic carboxylic acids is 1. The summed E-state index contributed by atoms with van der Waals surface area (Å²) in [6.07, 6.45) is 1.24. The van der Waals surface area contributed by atoms with Gasteiger partial charge in [0.15, 0.2) is 6.10 Å². The molecule has 0 radical (unpaired) electrons. The third-order valence-electron chi connectivity index (χ3n) is 3.59. The van der Waals surface area contributed by atoms with Crippen molar-refractivity contribution in [1.82, 2.24) is 10.2 Å². The molecular weight excluding hydrogens is 264 g/mol. The molecule has 1 aliphatic rings. The van der Waals surface area contributed by atoms with Gasteiger partial charge in [-0.25, -0.2) is 9.59 Å². The molecule has 2 N–H and O–H groups in total. The molecule has 0 aromatic carbocycles. The van der Waals surface area contributed by atoms with Crippen LogP contribution < -0.4 is 5.32 Å². The van der Waals surface area contributed by atoms with Crippen LogP contribution in [0, 0.1) is 5.92 Å². The van der Waals surface area contributed by atoms with Gasteiger partial charge in [0, 0.05) is 26.8 Å². The molecule has 0 aliphatic heterocycles. The lowest BCUT2D eigenvalue weighted by molar-refractivity contribution is -0.148. The molecule has 20 heavy (non-hydrogen) atoms. The van der Waals surface area contributed by atoms with Crippen molar-refractivity contribution in [2.24, 2.45) is 5.92 Å². The SMILES string of the molecule is COCCN(C(=O)NCC(OC)C(=O)O)C(C)C1CC1. The lowest BCUT2D eigenvalue weighted by Crippen LogP contribution is -2.50. The Morgan fingerprint density at radius 1 is 1.40 bits per heavy atom. The van der Waals surface area contributed by atoms with Crippen molar-refractivity contribution < 1.29 is 24.2 Å². The average Bonchev–Trinajstić information content (AvgIpc) is 3.23. The molecule has 0 bridgehead atoms. The molecule has 0 saturated heterocycles. The highest BCUT2D eigenvalue weighted by Crippen LogP contribution is 2.35. The summed E-state index contributed by atoms with van der Waals surface area (Å²) in [5.41, 5.74) is 0. The van der Waals surface area contributed by atoms with Gasteiger partial charge >= 0.3 is 12.0 Å². The Morgan fingerprint density at radius 3 is 2.50 bits per heavy atom. The molecule has 116 valence electrons. The van der Waals surface area contributed by atoms with E-state index in [1.807, 2.05) is 6.92 Å². The van der Waals surface area contributed by atoms with E-state index >= 15 is 0 Å². The van der Waals surface area contributed by atoms with Crippen LogP contribution in [-0.2, 0) is 14.3 Å². The second-order valence-corrected chi connectivity index (χ2v) is 5.01. The van der Waals surface area contributed by atoms with Gasteiger partial charge in [0.05, 0.1) is 13.2 Å². The van der Waals surface area contributed by atoms with Gasteiger partial charge in [-0.05, 0) is 25.7 Å². The zero-order chi connectivity index (χ0) is 15.1. The van der Waals surface area contributed by atoms with Gasteiger partial charge in [-0.1, -0.05) is 0 Å². The Hall–Kier alpha value is -1.34. The molecular formula is C13H24N2O5.